The van der Waals surface area contributed by atoms with Crippen molar-refractivity contribution in [2.45, 2.75) is 19.3 Å². The predicted octanol–water partition coefficient (Wildman–Crippen LogP) is 12.8. The van der Waals surface area contributed by atoms with Gasteiger partial charge in [-0.25, -0.2) is 4.98 Å². The molecule has 0 aliphatic heterocycles. The standard InChI is InChI=1S/C48H35N3/c1-48(2)43-27-34-24-23-32-25-26-38(50(35-17-9-4-10-18-35)36-19-11-5-12-20-36)28-39(32)40(34)29-41(43)42-30-46-45(31-44(42)48)49-47(33-15-7-3-8-16-33)51(46)37-21-13-6-14-22-37/h3-31H,1-2H3. The van der Waals surface area contributed by atoms with Gasteiger partial charge in [-0.1, -0.05) is 117 Å². The molecular weight excluding hydrogens is 619 g/mol. The Balaban J connectivity index is 1.21. The van der Waals surface area contributed by atoms with Gasteiger partial charge in [0.2, 0.25) is 0 Å². The maximum absolute atomic E-state index is 5.30. The summed E-state index contributed by atoms with van der Waals surface area (Å²) in [5.74, 6) is 0.955. The van der Waals surface area contributed by atoms with Crippen molar-refractivity contribution in [3.05, 3.63) is 187 Å². The van der Waals surface area contributed by atoms with Crippen LogP contribution in [0.2, 0.25) is 0 Å². The molecule has 0 saturated carbocycles. The number of fused-ring (bicyclic) bond motifs is 7. The molecule has 0 saturated heterocycles. The Morgan fingerprint density at radius 1 is 0.490 bits per heavy atom. The normalized spacial score (nSPS) is 13.1. The van der Waals surface area contributed by atoms with Crippen molar-refractivity contribution in [2.75, 3.05) is 4.90 Å². The Morgan fingerprint density at radius 2 is 1.04 bits per heavy atom. The predicted molar refractivity (Wildman–Crippen MR) is 214 cm³/mol. The number of imidazole rings is 1. The van der Waals surface area contributed by atoms with Gasteiger partial charge in [-0.3, -0.25) is 4.57 Å². The van der Waals surface area contributed by atoms with Gasteiger partial charge in [-0.05, 0) is 117 Å². The zero-order chi connectivity index (χ0) is 34.1. The van der Waals surface area contributed by atoms with E-state index in [2.05, 4.69) is 199 Å². The van der Waals surface area contributed by atoms with Crippen LogP contribution < -0.4 is 4.90 Å². The van der Waals surface area contributed by atoms with Gasteiger partial charge >= 0.3 is 0 Å². The van der Waals surface area contributed by atoms with Gasteiger partial charge in [0.25, 0.3) is 0 Å². The van der Waals surface area contributed by atoms with Crippen LogP contribution in [0.3, 0.4) is 0 Å². The Morgan fingerprint density at radius 3 is 1.73 bits per heavy atom. The highest BCUT2D eigenvalue weighted by molar-refractivity contribution is 6.11. The van der Waals surface area contributed by atoms with E-state index in [0.717, 1.165) is 45.2 Å². The Labute approximate surface area is 297 Å². The average Bonchev–Trinajstić information content (AvgIpc) is 3.66. The maximum Gasteiger partial charge on any atom is 0.145 e. The van der Waals surface area contributed by atoms with Crippen LogP contribution in [0.25, 0.3) is 60.8 Å². The number of aromatic nitrogens is 2. The molecular formula is C48H35N3. The van der Waals surface area contributed by atoms with Gasteiger partial charge in [-0.15, -0.1) is 0 Å². The summed E-state index contributed by atoms with van der Waals surface area (Å²) in [4.78, 5) is 7.64. The molecule has 0 fully saturated rings. The van der Waals surface area contributed by atoms with Crippen molar-refractivity contribution in [3.8, 4) is 28.2 Å². The third-order valence-corrected chi connectivity index (χ3v) is 10.7. The Hall–Kier alpha value is -6.45. The van der Waals surface area contributed by atoms with Crippen molar-refractivity contribution in [1.29, 1.82) is 0 Å². The molecule has 3 nitrogen and oxygen atoms in total. The lowest BCUT2D eigenvalue weighted by Gasteiger charge is -2.26. The summed E-state index contributed by atoms with van der Waals surface area (Å²) in [6.45, 7) is 4.72. The fraction of sp³-hybridized carbons (Fsp3) is 0.0625. The number of para-hydroxylation sites is 3. The first-order chi connectivity index (χ1) is 25.0. The molecule has 0 bridgehead atoms. The highest BCUT2D eigenvalue weighted by atomic mass is 15.1. The molecule has 9 aromatic rings. The Bertz CT molecular complexity index is 2710. The van der Waals surface area contributed by atoms with Crippen LogP contribution in [0, 0.1) is 0 Å². The van der Waals surface area contributed by atoms with E-state index in [-0.39, 0.29) is 5.41 Å². The summed E-state index contributed by atoms with van der Waals surface area (Å²) in [5, 5.41) is 5.00. The van der Waals surface area contributed by atoms with Crippen molar-refractivity contribution >= 4 is 49.6 Å². The smallest absolute Gasteiger partial charge is 0.145 e. The van der Waals surface area contributed by atoms with Crippen LogP contribution in [-0.4, -0.2) is 9.55 Å². The maximum atomic E-state index is 5.30. The van der Waals surface area contributed by atoms with Crippen molar-refractivity contribution in [3.63, 3.8) is 0 Å². The topological polar surface area (TPSA) is 21.1 Å². The second-order valence-electron chi connectivity index (χ2n) is 14.1. The summed E-state index contributed by atoms with van der Waals surface area (Å²) in [7, 11) is 0. The van der Waals surface area contributed by atoms with E-state index < -0.39 is 0 Å². The molecule has 0 amide bonds. The SMILES string of the molecule is CC1(C)c2cc3ccc4ccc(N(c5ccccc5)c5ccccc5)cc4c3cc2-c2cc3c(cc21)nc(-c1ccccc1)n3-c1ccccc1. The van der Waals surface area contributed by atoms with Crippen molar-refractivity contribution in [1.82, 2.24) is 9.55 Å². The second kappa shape index (κ2) is 11.3. The summed E-state index contributed by atoms with van der Waals surface area (Å²) < 4.78 is 2.32. The molecule has 242 valence electrons. The van der Waals surface area contributed by atoms with E-state index >= 15 is 0 Å². The number of benzene rings is 8. The highest BCUT2D eigenvalue weighted by Crippen LogP contribution is 2.52. The van der Waals surface area contributed by atoms with E-state index in [1.807, 2.05) is 0 Å². The fourth-order valence-electron chi connectivity index (χ4n) is 8.20. The largest absolute Gasteiger partial charge is 0.310 e. The van der Waals surface area contributed by atoms with Gasteiger partial charge in [0, 0.05) is 33.7 Å². The zero-order valence-corrected chi connectivity index (χ0v) is 28.6. The molecule has 0 N–H and O–H groups in total. The monoisotopic (exact) mass is 653 g/mol. The van der Waals surface area contributed by atoms with E-state index in [0.29, 0.717) is 0 Å². The molecule has 1 heterocycles. The zero-order valence-electron chi connectivity index (χ0n) is 28.6. The summed E-state index contributed by atoms with van der Waals surface area (Å²) in [5.41, 5.74) is 12.8. The molecule has 8 aromatic carbocycles. The molecule has 0 radical (unpaired) electrons. The number of hydrogen-bond donors (Lipinski definition) is 0. The molecule has 1 aliphatic carbocycles. The number of nitrogens with zero attached hydrogens (tertiary/aromatic N) is 3. The lowest BCUT2D eigenvalue weighted by molar-refractivity contribution is 0.662. The van der Waals surface area contributed by atoms with Crippen LogP contribution in [-0.2, 0) is 5.41 Å². The van der Waals surface area contributed by atoms with E-state index in [1.54, 1.807) is 0 Å². The van der Waals surface area contributed by atoms with E-state index in [9.17, 15) is 0 Å². The third kappa shape index (κ3) is 4.62. The van der Waals surface area contributed by atoms with Crippen LogP contribution in [0.15, 0.2) is 176 Å². The fourth-order valence-corrected chi connectivity index (χ4v) is 8.20. The van der Waals surface area contributed by atoms with E-state index in [4.69, 9.17) is 4.98 Å². The second-order valence-corrected chi connectivity index (χ2v) is 14.1. The van der Waals surface area contributed by atoms with Crippen LogP contribution in [0.5, 0.6) is 0 Å². The number of rotatable bonds is 5. The van der Waals surface area contributed by atoms with Crippen LogP contribution >= 0.6 is 0 Å². The molecule has 1 aromatic heterocycles. The van der Waals surface area contributed by atoms with Crippen LogP contribution in [0.1, 0.15) is 25.0 Å². The van der Waals surface area contributed by atoms with Gasteiger partial charge in [0.15, 0.2) is 0 Å². The first-order valence-electron chi connectivity index (χ1n) is 17.6. The first-order valence-corrected chi connectivity index (χ1v) is 17.6. The first kappa shape index (κ1) is 29.5. The highest BCUT2D eigenvalue weighted by Gasteiger charge is 2.37. The van der Waals surface area contributed by atoms with Crippen molar-refractivity contribution in [2.24, 2.45) is 0 Å². The summed E-state index contributed by atoms with van der Waals surface area (Å²) in [6.07, 6.45) is 0. The quantitative estimate of drug-likeness (QED) is 0.172. The Kier molecular flexibility index (Phi) is 6.53. The molecule has 0 spiro atoms. The summed E-state index contributed by atoms with van der Waals surface area (Å²) >= 11 is 0. The molecule has 3 heteroatoms. The third-order valence-electron chi connectivity index (χ3n) is 10.7. The molecule has 51 heavy (non-hydrogen) atoms. The minimum absolute atomic E-state index is 0.176. The molecule has 1 aliphatic rings. The number of hydrogen-bond acceptors (Lipinski definition) is 2. The van der Waals surface area contributed by atoms with Gasteiger partial charge in [0.1, 0.15) is 5.82 Å². The minimum atomic E-state index is -0.176. The molecule has 0 unspecified atom stereocenters. The van der Waals surface area contributed by atoms with Crippen LogP contribution in [0.4, 0.5) is 17.1 Å². The van der Waals surface area contributed by atoms with Gasteiger partial charge in [0.05, 0.1) is 11.0 Å². The number of anilines is 3. The van der Waals surface area contributed by atoms with Gasteiger partial charge < -0.3 is 4.90 Å². The molecule has 0 atom stereocenters. The van der Waals surface area contributed by atoms with Crippen molar-refractivity contribution < 1.29 is 0 Å². The minimum Gasteiger partial charge on any atom is -0.310 e. The molecule has 10 rings (SSSR count). The average molecular weight is 654 g/mol. The lowest BCUT2D eigenvalue weighted by Crippen LogP contribution is -2.15. The van der Waals surface area contributed by atoms with E-state index in [1.165, 1.54) is 43.8 Å². The summed E-state index contributed by atoms with van der Waals surface area (Å²) in [6, 6.07) is 63.5. The van der Waals surface area contributed by atoms with Gasteiger partial charge in [-0.2, -0.15) is 0 Å². The lowest BCUT2D eigenvalue weighted by atomic mass is 9.81.